The van der Waals surface area contributed by atoms with E-state index in [-0.39, 0.29) is 11.7 Å². The average Bonchev–Trinajstić information content (AvgIpc) is 2.66. The van der Waals surface area contributed by atoms with Crippen LogP contribution in [0.4, 0.5) is 5.69 Å². The summed E-state index contributed by atoms with van der Waals surface area (Å²) in [5.41, 5.74) is 1.48. The smallest absolute Gasteiger partial charge is 0.226 e. The van der Waals surface area contributed by atoms with Gasteiger partial charge in [0.2, 0.25) is 5.91 Å². The monoisotopic (exact) mass is 323 g/mol. The van der Waals surface area contributed by atoms with Crippen molar-refractivity contribution < 1.29 is 9.90 Å². The van der Waals surface area contributed by atoms with Crippen LogP contribution in [0.5, 0.6) is 5.75 Å². The van der Waals surface area contributed by atoms with Gasteiger partial charge in [0.1, 0.15) is 5.75 Å². The second kappa shape index (κ2) is 5.88. The van der Waals surface area contributed by atoms with Crippen LogP contribution in [0.25, 0.3) is 0 Å². The zero-order valence-corrected chi connectivity index (χ0v) is 12.0. The molecule has 1 amide bonds. The summed E-state index contributed by atoms with van der Waals surface area (Å²) in [5.74, 6) is 0.0132. The standard InChI is InChI=1S/C13H14BrN3O2/c1-9-12(14)8-17(16-9)6-5-13(19)15-10-3-2-4-11(18)7-10/h2-4,7-8,18H,5-6H2,1H3,(H,15,19). The molecule has 0 fully saturated rings. The number of carbonyl (C=O) groups excluding carboxylic acids is 1. The third-order valence-corrected chi connectivity index (χ3v) is 3.36. The number of phenolic OH excluding ortho intramolecular Hbond substituents is 1. The summed E-state index contributed by atoms with van der Waals surface area (Å²) in [7, 11) is 0. The van der Waals surface area contributed by atoms with Crippen molar-refractivity contribution in [2.45, 2.75) is 19.9 Å². The molecule has 0 saturated carbocycles. The quantitative estimate of drug-likeness (QED) is 0.909. The number of nitrogens with zero attached hydrogens (tertiary/aromatic N) is 2. The minimum atomic E-state index is -0.116. The lowest BCUT2D eigenvalue weighted by atomic mass is 10.3. The van der Waals surface area contributed by atoms with E-state index in [2.05, 4.69) is 26.3 Å². The average molecular weight is 324 g/mol. The first kappa shape index (κ1) is 13.6. The van der Waals surface area contributed by atoms with Crippen LogP contribution < -0.4 is 5.32 Å². The largest absolute Gasteiger partial charge is 0.508 e. The Morgan fingerprint density at radius 2 is 2.32 bits per heavy atom. The van der Waals surface area contributed by atoms with Gasteiger partial charge in [-0.2, -0.15) is 5.10 Å². The maximum Gasteiger partial charge on any atom is 0.226 e. The van der Waals surface area contributed by atoms with Gasteiger partial charge in [0.15, 0.2) is 0 Å². The summed E-state index contributed by atoms with van der Waals surface area (Å²) in [5, 5.41) is 16.3. The van der Waals surface area contributed by atoms with Crippen LogP contribution in [0.15, 0.2) is 34.9 Å². The zero-order valence-electron chi connectivity index (χ0n) is 10.4. The summed E-state index contributed by atoms with van der Waals surface area (Å²) >= 11 is 3.37. The molecule has 0 aliphatic carbocycles. The first-order valence-electron chi connectivity index (χ1n) is 5.83. The van der Waals surface area contributed by atoms with Gasteiger partial charge in [-0.15, -0.1) is 0 Å². The molecule has 0 aliphatic rings. The van der Waals surface area contributed by atoms with E-state index in [4.69, 9.17) is 0 Å². The van der Waals surface area contributed by atoms with Gasteiger partial charge in [0.05, 0.1) is 10.2 Å². The van der Waals surface area contributed by atoms with Crippen molar-refractivity contribution in [1.82, 2.24) is 9.78 Å². The summed E-state index contributed by atoms with van der Waals surface area (Å²) in [6.07, 6.45) is 2.17. The molecule has 2 rings (SSSR count). The predicted octanol–water partition coefficient (Wildman–Crippen LogP) is 2.69. The first-order chi connectivity index (χ1) is 9.04. The summed E-state index contributed by atoms with van der Waals surface area (Å²) in [6, 6.07) is 6.47. The first-order valence-corrected chi connectivity index (χ1v) is 6.62. The van der Waals surface area contributed by atoms with Crippen LogP contribution in [0.3, 0.4) is 0 Å². The molecule has 0 spiro atoms. The normalized spacial score (nSPS) is 10.4. The Kier molecular flexibility index (Phi) is 4.21. The highest BCUT2D eigenvalue weighted by molar-refractivity contribution is 9.10. The van der Waals surface area contributed by atoms with E-state index in [9.17, 15) is 9.90 Å². The number of rotatable bonds is 4. The van der Waals surface area contributed by atoms with Crippen molar-refractivity contribution in [2.75, 3.05) is 5.32 Å². The highest BCUT2D eigenvalue weighted by Gasteiger charge is 2.06. The number of benzene rings is 1. The van der Waals surface area contributed by atoms with Crippen LogP contribution in [0.2, 0.25) is 0 Å². The molecule has 1 aromatic heterocycles. The number of halogens is 1. The topological polar surface area (TPSA) is 67.2 Å². The minimum absolute atomic E-state index is 0.116. The van der Waals surface area contributed by atoms with Crippen molar-refractivity contribution in [3.8, 4) is 5.75 Å². The second-order valence-electron chi connectivity index (χ2n) is 4.17. The molecule has 2 N–H and O–H groups in total. The van der Waals surface area contributed by atoms with Gasteiger partial charge in [0, 0.05) is 30.9 Å². The Morgan fingerprint density at radius 1 is 1.53 bits per heavy atom. The Labute approximate surface area is 119 Å². The molecule has 1 aromatic carbocycles. The number of aromatic nitrogens is 2. The molecule has 0 bridgehead atoms. The molecule has 0 aliphatic heterocycles. The molecule has 0 saturated heterocycles. The highest BCUT2D eigenvalue weighted by Crippen LogP contribution is 2.16. The van der Waals surface area contributed by atoms with Crippen molar-refractivity contribution in [3.05, 3.63) is 40.6 Å². The van der Waals surface area contributed by atoms with Crippen molar-refractivity contribution in [2.24, 2.45) is 0 Å². The molecule has 0 unspecified atom stereocenters. The Balaban J connectivity index is 1.88. The number of aryl methyl sites for hydroxylation is 2. The van der Waals surface area contributed by atoms with Gasteiger partial charge in [-0.1, -0.05) is 6.07 Å². The molecule has 0 radical (unpaired) electrons. The molecule has 2 aromatic rings. The van der Waals surface area contributed by atoms with Crippen molar-refractivity contribution in [3.63, 3.8) is 0 Å². The lowest BCUT2D eigenvalue weighted by Crippen LogP contribution is -2.14. The van der Waals surface area contributed by atoms with Crippen LogP contribution in [-0.2, 0) is 11.3 Å². The number of hydrogen-bond acceptors (Lipinski definition) is 3. The molecule has 5 nitrogen and oxygen atoms in total. The minimum Gasteiger partial charge on any atom is -0.508 e. The van der Waals surface area contributed by atoms with Crippen LogP contribution in [0.1, 0.15) is 12.1 Å². The fourth-order valence-electron chi connectivity index (χ4n) is 1.63. The fraction of sp³-hybridized carbons (Fsp3) is 0.231. The van der Waals surface area contributed by atoms with Gasteiger partial charge in [-0.3, -0.25) is 9.48 Å². The van der Waals surface area contributed by atoms with Crippen LogP contribution in [0, 0.1) is 6.92 Å². The van der Waals surface area contributed by atoms with E-state index < -0.39 is 0 Å². The van der Waals surface area contributed by atoms with E-state index in [1.54, 1.807) is 22.9 Å². The van der Waals surface area contributed by atoms with E-state index >= 15 is 0 Å². The van der Waals surface area contributed by atoms with Crippen LogP contribution >= 0.6 is 15.9 Å². The molecular formula is C13H14BrN3O2. The molecule has 0 atom stereocenters. The molecule has 1 heterocycles. The van der Waals surface area contributed by atoms with Gasteiger partial charge >= 0.3 is 0 Å². The number of anilines is 1. The van der Waals surface area contributed by atoms with Gasteiger partial charge in [-0.05, 0) is 35.0 Å². The maximum absolute atomic E-state index is 11.7. The van der Waals surface area contributed by atoms with Gasteiger partial charge in [-0.25, -0.2) is 0 Å². The summed E-state index contributed by atoms with van der Waals surface area (Å²) < 4.78 is 2.66. The SMILES string of the molecule is Cc1nn(CCC(=O)Nc2cccc(O)c2)cc1Br. The summed E-state index contributed by atoms with van der Waals surface area (Å²) in [6.45, 7) is 2.41. The second-order valence-corrected chi connectivity index (χ2v) is 5.03. The Hall–Kier alpha value is -1.82. The summed E-state index contributed by atoms with van der Waals surface area (Å²) in [4.78, 5) is 11.7. The molecule has 19 heavy (non-hydrogen) atoms. The van der Waals surface area contributed by atoms with E-state index in [0.29, 0.717) is 18.7 Å². The molecule has 100 valence electrons. The van der Waals surface area contributed by atoms with E-state index in [0.717, 1.165) is 10.2 Å². The Morgan fingerprint density at radius 3 is 2.95 bits per heavy atom. The van der Waals surface area contributed by atoms with E-state index in [1.165, 1.54) is 6.07 Å². The fourth-order valence-corrected chi connectivity index (χ4v) is 1.95. The lowest BCUT2D eigenvalue weighted by molar-refractivity contribution is -0.116. The molecule has 6 heteroatoms. The van der Waals surface area contributed by atoms with Gasteiger partial charge < -0.3 is 10.4 Å². The third kappa shape index (κ3) is 3.82. The van der Waals surface area contributed by atoms with Gasteiger partial charge in [0.25, 0.3) is 0 Å². The van der Waals surface area contributed by atoms with Crippen molar-refractivity contribution >= 4 is 27.5 Å². The Bertz CT molecular complexity index is 576. The zero-order chi connectivity index (χ0) is 13.8. The number of nitrogens with one attached hydrogen (secondary N) is 1. The van der Waals surface area contributed by atoms with Crippen LogP contribution in [-0.4, -0.2) is 20.8 Å². The predicted molar refractivity (Wildman–Crippen MR) is 76.0 cm³/mol. The number of hydrogen-bond donors (Lipinski definition) is 2. The maximum atomic E-state index is 11.7. The number of carbonyl (C=O) groups is 1. The van der Waals surface area contributed by atoms with E-state index in [1.807, 2.05) is 13.1 Å². The number of aromatic hydroxyl groups is 1. The third-order valence-electron chi connectivity index (χ3n) is 2.58. The van der Waals surface area contributed by atoms with Crippen molar-refractivity contribution in [1.29, 1.82) is 0 Å². The highest BCUT2D eigenvalue weighted by atomic mass is 79.9. The lowest BCUT2D eigenvalue weighted by Gasteiger charge is -2.05. The molecular weight excluding hydrogens is 310 g/mol. The number of amides is 1. The number of phenols is 1.